The molecule has 0 rings (SSSR count). The number of nitrogens with one attached hydrogen (secondary N) is 3. The van der Waals surface area contributed by atoms with Crippen LogP contribution in [0.25, 0.3) is 0 Å². The molecule has 0 aromatic heterocycles. The van der Waals surface area contributed by atoms with Gasteiger partial charge in [0, 0.05) is 6.04 Å². The van der Waals surface area contributed by atoms with Crippen molar-refractivity contribution in [1.29, 1.82) is 0 Å². The molecule has 0 heterocycles. The molecule has 0 aliphatic heterocycles. The third-order valence-corrected chi connectivity index (χ3v) is 2.53. The van der Waals surface area contributed by atoms with Crippen LogP contribution in [0.1, 0.15) is 40.5 Å². The lowest BCUT2D eigenvalue weighted by Gasteiger charge is -2.25. The summed E-state index contributed by atoms with van der Waals surface area (Å²) >= 11 is 0. The number of hydrogen-bond acceptors (Lipinski definition) is 4. The number of rotatable bonds is 7. The fraction of sp³-hybridized carbons (Fsp3) is 0.750. The Morgan fingerprint density at radius 1 is 1.26 bits per heavy atom. The molecular formula is C12H23N3O4. The van der Waals surface area contributed by atoms with E-state index in [2.05, 4.69) is 16.0 Å². The third kappa shape index (κ3) is 6.76. The minimum absolute atomic E-state index is 0.0786. The smallest absolute Gasteiger partial charge is 0.323 e. The first-order valence-corrected chi connectivity index (χ1v) is 6.30. The van der Waals surface area contributed by atoms with Gasteiger partial charge in [0.25, 0.3) is 0 Å². The van der Waals surface area contributed by atoms with Crippen molar-refractivity contribution in [2.75, 3.05) is 6.54 Å². The fourth-order valence-corrected chi connectivity index (χ4v) is 1.52. The molecule has 0 aliphatic carbocycles. The van der Waals surface area contributed by atoms with E-state index in [4.69, 9.17) is 5.11 Å². The zero-order valence-corrected chi connectivity index (χ0v) is 11.9. The highest BCUT2D eigenvalue weighted by molar-refractivity contribution is 5.95. The van der Waals surface area contributed by atoms with Gasteiger partial charge in [-0.3, -0.25) is 20.2 Å². The number of urea groups is 1. The molecule has 4 N–H and O–H groups in total. The molecule has 110 valence electrons. The number of aliphatic carboxylic acids is 1. The maximum Gasteiger partial charge on any atom is 0.323 e. The average Bonchev–Trinajstić information content (AvgIpc) is 2.25. The summed E-state index contributed by atoms with van der Waals surface area (Å²) in [6.45, 7) is 6.68. The van der Waals surface area contributed by atoms with Gasteiger partial charge in [-0.1, -0.05) is 13.3 Å². The summed E-state index contributed by atoms with van der Waals surface area (Å²) in [6.07, 6.45) is 1.07. The number of carboxylic acids is 1. The molecule has 19 heavy (non-hydrogen) atoms. The monoisotopic (exact) mass is 273 g/mol. The van der Waals surface area contributed by atoms with Gasteiger partial charge in [0.2, 0.25) is 5.91 Å². The molecule has 0 spiro atoms. The van der Waals surface area contributed by atoms with Gasteiger partial charge in [0.1, 0.15) is 5.54 Å². The Kier molecular flexibility index (Phi) is 7.06. The van der Waals surface area contributed by atoms with Crippen LogP contribution < -0.4 is 16.0 Å². The third-order valence-electron chi connectivity index (χ3n) is 2.53. The van der Waals surface area contributed by atoms with E-state index in [0.717, 1.165) is 0 Å². The molecule has 1 atom stereocenters. The van der Waals surface area contributed by atoms with Crippen LogP contribution in [0.2, 0.25) is 0 Å². The summed E-state index contributed by atoms with van der Waals surface area (Å²) in [4.78, 5) is 33.9. The average molecular weight is 273 g/mol. The SMILES string of the molecule is CCCC(C)(NCC(=O)NC(=O)NC(C)C)C(=O)O. The van der Waals surface area contributed by atoms with Crippen LogP contribution in [0.4, 0.5) is 4.79 Å². The van der Waals surface area contributed by atoms with Gasteiger partial charge in [0.05, 0.1) is 6.54 Å². The highest BCUT2D eigenvalue weighted by Gasteiger charge is 2.32. The number of carboxylic acid groups (broad SMARTS) is 1. The summed E-state index contributed by atoms with van der Waals surface area (Å²) in [6, 6.07) is -0.667. The quantitative estimate of drug-likeness (QED) is 0.539. The second-order valence-electron chi connectivity index (χ2n) is 4.92. The maximum absolute atomic E-state index is 11.5. The van der Waals surface area contributed by atoms with Crippen molar-refractivity contribution in [2.45, 2.75) is 52.1 Å². The minimum Gasteiger partial charge on any atom is -0.480 e. The predicted octanol–water partition coefficient (Wildman–Crippen LogP) is 0.454. The van der Waals surface area contributed by atoms with Gasteiger partial charge in [-0.05, 0) is 27.2 Å². The molecule has 7 heteroatoms. The molecule has 0 saturated carbocycles. The van der Waals surface area contributed by atoms with Crippen LogP contribution in [0.15, 0.2) is 0 Å². The first-order chi connectivity index (χ1) is 8.71. The Balaban J connectivity index is 4.27. The number of hydrogen-bond donors (Lipinski definition) is 4. The second kappa shape index (κ2) is 7.73. The van der Waals surface area contributed by atoms with Gasteiger partial charge >= 0.3 is 12.0 Å². The van der Waals surface area contributed by atoms with Crippen molar-refractivity contribution < 1.29 is 19.5 Å². The van der Waals surface area contributed by atoms with E-state index in [9.17, 15) is 14.4 Å². The molecule has 7 nitrogen and oxygen atoms in total. The van der Waals surface area contributed by atoms with Gasteiger partial charge in [-0.2, -0.15) is 0 Å². The number of carbonyl (C=O) groups excluding carboxylic acids is 2. The molecule has 0 fully saturated rings. The number of carbonyl (C=O) groups is 3. The van der Waals surface area contributed by atoms with Crippen molar-refractivity contribution in [3.63, 3.8) is 0 Å². The molecule has 0 radical (unpaired) electrons. The van der Waals surface area contributed by atoms with Crippen LogP contribution in [-0.4, -0.2) is 41.1 Å². The summed E-state index contributed by atoms with van der Waals surface area (Å²) in [5.41, 5.74) is -1.17. The predicted molar refractivity (Wildman–Crippen MR) is 70.8 cm³/mol. The van der Waals surface area contributed by atoms with E-state index in [0.29, 0.717) is 12.8 Å². The summed E-state index contributed by atoms with van der Waals surface area (Å²) in [5.74, 6) is -1.59. The van der Waals surface area contributed by atoms with Crippen molar-refractivity contribution in [1.82, 2.24) is 16.0 Å². The Bertz CT molecular complexity index is 344. The number of amides is 3. The summed E-state index contributed by atoms with van der Waals surface area (Å²) in [7, 11) is 0. The zero-order chi connectivity index (χ0) is 15.1. The Hall–Kier alpha value is -1.63. The number of imide groups is 1. The van der Waals surface area contributed by atoms with E-state index in [1.165, 1.54) is 6.92 Å². The lowest BCUT2D eigenvalue weighted by atomic mass is 9.96. The minimum atomic E-state index is -1.17. The molecule has 0 aliphatic rings. The second-order valence-corrected chi connectivity index (χ2v) is 4.92. The van der Waals surface area contributed by atoms with Gasteiger partial charge in [-0.25, -0.2) is 4.79 Å². The topological polar surface area (TPSA) is 108 Å². The van der Waals surface area contributed by atoms with Crippen molar-refractivity contribution in [3.05, 3.63) is 0 Å². The molecular weight excluding hydrogens is 250 g/mol. The van der Waals surface area contributed by atoms with Crippen LogP contribution in [0, 0.1) is 0 Å². The van der Waals surface area contributed by atoms with E-state index < -0.39 is 23.4 Å². The standard InChI is InChI=1S/C12H23N3O4/c1-5-6-12(4,10(17)18)13-7-9(16)15-11(19)14-8(2)3/h8,13H,5-7H2,1-4H3,(H,17,18)(H2,14,15,16,19). The Morgan fingerprint density at radius 3 is 2.26 bits per heavy atom. The largest absolute Gasteiger partial charge is 0.480 e. The first kappa shape index (κ1) is 17.4. The summed E-state index contributed by atoms with van der Waals surface area (Å²) in [5, 5.41) is 16.4. The van der Waals surface area contributed by atoms with Crippen molar-refractivity contribution in [2.24, 2.45) is 0 Å². The Labute approximate surface area is 113 Å². The first-order valence-electron chi connectivity index (χ1n) is 6.30. The zero-order valence-electron chi connectivity index (χ0n) is 11.9. The fourth-order valence-electron chi connectivity index (χ4n) is 1.52. The Morgan fingerprint density at radius 2 is 1.84 bits per heavy atom. The highest BCUT2D eigenvalue weighted by Crippen LogP contribution is 2.11. The molecule has 0 aromatic rings. The van der Waals surface area contributed by atoms with Crippen LogP contribution in [0.3, 0.4) is 0 Å². The summed E-state index contributed by atoms with van der Waals surface area (Å²) < 4.78 is 0. The molecule has 1 unspecified atom stereocenters. The van der Waals surface area contributed by atoms with E-state index in [1.54, 1.807) is 13.8 Å². The molecule has 3 amide bonds. The van der Waals surface area contributed by atoms with Crippen LogP contribution >= 0.6 is 0 Å². The molecule has 0 aromatic carbocycles. The highest BCUT2D eigenvalue weighted by atomic mass is 16.4. The van der Waals surface area contributed by atoms with E-state index >= 15 is 0 Å². The van der Waals surface area contributed by atoms with Gasteiger partial charge < -0.3 is 10.4 Å². The van der Waals surface area contributed by atoms with Crippen LogP contribution in [-0.2, 0) is 9.59 Å². The maximum atomic E-state index is 11.5. The lowest BCUT2D eigenvalue weighted by Crippen LogP contribution is -2.54. The molecule has 0 bridgehead atoms. The van der Waals surface area contributed by atoms with Crippen molar-refractivity contribution in [3.8, 4) is 0 Å². The van der Waals surface area contributed by atoms with Crippen molar-refractivity contribution >= 4 is 17.9 Å². The van der Waals surface area contributed by atoms with Gasteiger partial charge in [0.15, 0.2) is 0 Å². The normalized spacial score (nSPS) is 13.7. The van der Waals surface area contributed by atoms with Crippen LogP contribution in [0.5, 0.6) is 0 Å². The van der Waals surface area contributed by atoms with E-state index in [-0.39, 0.29) is 12.6 Å². The molecule has 0 saturated heterocycles. The van der Waals surface area contributed by atoms with Gasteiger partial charge in [-0.15, -0.1) is 0 Å². The van der Waals surface area contributed by atoms with E-state index in [1.807, 2.05) is 6.92 Å². The lowest BCUT2D eigenvalue weighted by molar-refractivity contribution is -0.144.